The Kier molecular flexibility index (Phi) is 2.52. The molecule has 16 heavy (non-hydrogen) atoms. The summed E-state index contributed by atoms with van der Waals surface area (Å²) in [5.74, 6) is -0.341. The van der Waals surface area contributed by atoms with E-state index in [0.29, 0.717) is 5.56 Å². The van der Waals surface area contributed by atoms with Gasteiger partial charge in [-0.25, -0.2) is 4.79 Å². The maximum Gasteiger partial charge on any atom is 0.340 e. The smallest absolute Gasteiger partial charge is 0.340 e. The summed E-state index contributed by atoms with van der Waals surface area (Å²) in [6.07, 6.45) is 1.65. The number of hydrogen-bond acceptors (Lipinski definition) is 3. The van der Waals surface area contributed by atoms with Crippen LogP contribution in [0.4, 0.5) is 0 Å². The highest BCUT2D eigenvalue weighted by Gasteiger charge is 2.21. The Morgan fingerprint density at radius 2 is 2.12 bits per heavy atom. The molecular weight excluding hydrogens is 206 g/mol. The van der Waals surface area contributed by atoms with Crippen LogP contribution in [0.25, 0.3) is 11.3 Å². The van der Waals surface area contributed by atoms with E-state index in [1.54, 1.807) is 6.20 Å². The number of methoxy groups -OCH3 is 1. The maximum absolute atomic E-state index is 11.7. The lowest BCUT2D eigenvalue weighted by Gasteiger charge is -2.02. The Balaban J connectivity index is 2.64. The minimum Gasteiger partial charge on any atom is -0.465 e. The predicted octanol–water partition coefficient (Wildman–Crippen LogP) is 1.81. The molecule has 2 aromatic heterocycles. The molecule has 0 aliphatic rings. The van der Waals surface area contributed by atoms with Gasteiger partial charge in [0.25, 0.3) is 0 Å². The van der Waals surface area contributed by atoms with E-state index in [2.05, 4.69) is 15.2 Å². The number of nitrogens with zero attached hydrogens (tertiary/aromatic N) is 1. The number of carbonyl (C=O) groups excluding carboxylic acids is 1. The molecule has 0 unspecified atom stereocenters. The molecule has 2 N–H and O–H groups in total. The van der Waals surface area contributed by atoms with E-state index in [1.807, 2.05) is 19.9 Å². The first-order chi connectivity index (χ1) is 7.65. The Labute approximate surface area is 92.8 Å². The van der Waals surface area contributed by atoms with E-state index >= 15 is 0 Å². The molecule has 0 aliphatic carbocycles. The molecule has 0 bridgehead atoms. The lowest BCUT2D eigenvalue weighted by molar-refractivity contribution is 0.0601. The van der Waals surface area contributed by atoms with Gasteiger partial charge >= 0.3 is 5.97 Å². The van der Waals surface area contributed by atoms with Crippen molar-refractivity contribution in [3.05, 3.63) is 29.2 Å². The molecular formula is C11H13N3O2. The summed E-state index contributed by atoms with van der Waals surface area (Å²) in [6, 6.07) is 1.82. The van der Waals surface area contributed by atoms with Gasteiger partial charge in [0.05, 0.1) is 18.4 Å². The van der Waals surface area contributed by atoms with Crippen molar-refractivity contribution in [2.24, 2.45) is 0 Å². The summed E-state index contributed by atoms with van der Waals surface area (Å²) >= 11 is 0. The minimum absolute atomic E-state index is 0.341. The van der Waals surface area contributed by atoms with Gasteiger partial charge in [0.1, 0.15) is 0 Å². The Morgan fingerprint density at radius 1 is 1.38 bits per heavy atom. The summed E-state index contributed by atoms with van der Waals surface area (Å²) in [7, 11) is 1.38. The van der Waals surface area contributed by atoms with Crippen LogP contribution in [0.3, 0.4) is 0 Å². The minimum atomic E-state index is -0.341. The van der Waals surface area contributed by atoms with E-state index in [1.165, 1.54) is 7.11 Å². The third-order valence-corrected chi connectivity index (χ3v) is 2.53. The molecule has 0 radical (unpaired) electrons. The van der Waals surface area contributed by atoms with Crippen LogP contribution in [0.1, 0.15) is 21.7 Å². The van der Waals surface area contributed by atoms with Crippen LogP contribution in [0.2, 0.25) is 0 Å². The van der Waals surface area contributed by atoms with E-state index in [-0.39, 0.29) is 5.97 Å². The molecule has 0 saturated carbocycles. The molecule has 0 amide bonds. The molecule has 5 nitrogen and oxygen atoms in total. The van der Waals surface area contributed by atoms with E-state index < -0.39 is 0 Å². The number of hydrogen-bond donors (Lipinski definition) is 2. The number of esters is 1. The Morgan fingerprint density at radius 3 is 2.69 bits per heavy atom. The number of aromatic amines is 2. The first-order valence-corrected chi connectivity index (χ1v) is 4.92. The zero-order valence-corrected chi connectivity index (χ0v) is 9.42. The number of aromatic nitrogens is 3. The van der Waals surface area contributed by atoms with Crippen molar-refractivity contribution in [3.63, 3.8) is 0 Å². The SMILES string of the molecule is COC(=O)c1c(C)[nH]c(C)c1-c1ccn[nH]1. The second-order valence-corrected chi connectivity index (χ2v) is 3.59. The second kappa shape index (κ2) is 3.84. The number of carbonyl (C=O) groups is 1. The van der Waals surface area contributed by atoms with Gasteiger partial charge in [-0.2, -0.15) is 5.10 Å². The highest BCUT2D eigenvalue weighted by Crippen LogP contribution is 2.28. The summed E-state index contributed by atoms with van der Waals surface area (Å²) < 4.78 is 4.78. The van der Waals surface area contributed by atoms with Gasteiger partial charge in [-0.1, -0.05) is 0 Å². The normalized spacial score (nSPS) is 10.4. The quantitative estimate of drug-likeness (QED) is 0.757. The zero-order valence-electron chi connectivity index (χ0n) is 9.42. The van der Waals surface area contributed by atoms with E-state index in [0.717, 1.165) is 22.6 Å². The van der Waals surface area contributed by atoms with Crippen LogP contribution in [-0.2, 0) is 4.74 Å². The van der Waals surface area contributed by atoms with Gasteiger partial charge in [0, 0.05) is 23.1 Å². The van der Waals surface area contributed by atoms with E-state index in [4.69, 9.17) is 4.74 Å². The van der Waals surface area contributed by atoms with Gasteiger partial charge in [-0.15, -0.1) is 0 Å². The number of ether oxygens (including phenoxy) is 1. The summed E-state index contributed by atoms with van der Waals surface area (Å²) in [5, 5.41) is 6.73. The van der Waals surface area contributed by atoms with Gasteiger partial charge in [-0.3, -0.25) is 5.10 Å². The summed E-state index contributed by atoms with van der Waals surface area (Å²) in [5.41, 5.74) is 3.91. The molecule has 0 aromatic carbocycles. The van der Waals surface area contributed by atoms with Crippen molar-refractivity contribution in [2.45, 2.75) is 13.8 Å². The molecule has 84 valence electrons. The van der Waals surface area contributed by atoms with Crippen LogP contribution >= 0.6 is 0 Å². The van der Waals surface area contributed by atoms with Crippen molar-refractivity contribution in [1.29, 1.82) is 0 Å². The van der Waals surface area contributed by atoms with Crippen LogP contribution in [-0.4, -0.2) is 28.3 Å². The molecule has 0 aliphatic heterocycles. The number of H-pyrrole nitrogens is 2. The molecule has 0 atom stereocenters. The number of aryl methyl sites for hydroxylation is 2. The fourth-order valence-electron chi connectivity index (χ4n) is 1.87. The average Bonchev–Trinajstić information content (AvgIpc) is 2.84. The highest BCUT2D eigenvalue weighted by atomic mass is 16.5. The average molecular weight is 219 g/mol. The van der Waals surface area contributed by atoms with Gasteiger partial charge in [0.2, 0.25) is 0 Å². The molecule has 0 saturated heterocycles. The molecule has 2 rings (SSSR count). The van der Waals surface area contributed by atoms with Crippen molar-refractivity contribution in [3.8, 4) is 11.3 Å². The second-order valence-electron chi connectivity index (χ2n) is 3.59. The highest BCUT2D eigenvalue weighted by molar-refractivity contribution is 5.98. The van der Waals surface area contributed by atoms with Crippen LogP contribution < -0.4 is 0 Å². The van der Waals surface area contributed by atoms with Crippen molar-refractivity contribution in [1.82, 2.24) is 15.2 Å². The van der Waals surface area contributed by atoms with Gasteiger partial charge in [0.15, 0.2) is 0 Å². The molecule has 2 aromatic rings. The van der Waals surface area contributed by atoms with Crippen LogP contribution in [0.5, 0.6) is 0 Å². The first kappa shape index (κ1) is 10.5. The standard InChI is InChI=1S/C11H13N3O2/c1-6-9(8-4-5-12-14-8)10(7(2)13-6)11(15)16-3/h4-5,13H,1-3H3,(H,12,14). The monoisotopic (exact) mass is 219 g/mol. The van der Waals surface area contributed by atoms with Crippen molar-refractivity contribution < 1.29 is 9.53 Å². The van der Waals surface area contributed by atoms with Gasteiger partial charge < -0.3 is 9.72 Å². The number of nitrogens with one attached hydrogen (secondary N) is 2. The fraction of sp³-hybridized carbons (Fsp3) is 0.273. The predicted molar refractivity (Wildman–Crippen MR) is 59.2 cm³/mol. The molecule has 2 heterocycles. The summed E-state index contributed by atoms with van der Waals surface area (Å²) in [4.78, 5) is 14.8. The Bertz CT molecular complexity index is 512. The fourth-order valence-corrected chi connectivity index (χ4v) is 1.87. The van der Waals surface area contributed by atoms with Crippen molar-refractivity contribution in [2.75, 3.05) is 7.11 Å². The maximum atomic E-state index is 11.7. The molecule has 5 heteroatoms. The Hall–Kier alpha value is -2.04. The third-order valence-electron chi connectivity index (χ3n) is 2.53. The summed E-state index contributed by atoms with van der Waals surface area (Å²) in [6.45, 7) is 3.76. The third kappa shape index (κ3) is 1.50. The molecule has 0 spiro atoms. The first-order valence-electron chi connectivity index (χ1n) is 4.92. The van der Waals surface area contributed by atoms with Gasteiger partial charge in [-0.05, 0) is 19.9 Å². The van der Waals surface area contributed by atoms with E-state index in [9.17, 15) is 4.79 Å². The van der Waals surface area contributed by atoms with Crippen LogP contribution in [0, 0.1) is 13.8 Å². The number of rotatable bonds is 2. The van der Waals surface area contributed by atoms with Crippen LogP contribution in [0.15, 0.2) is 12.3 Å². The van der Waals surface area contributed by atoms with Crippen molar-refractivity contribution >= 4 is 5.97 Å². The lowest BCUT2D eigenvalue weighted by atomic mass is 10.1. The molecule has 0 fully saturated rings. The topological polar surface area (TPSA) is 70.8 Å². The largest absolute Gasteiger partial charge is 0.465 e. The zero-order chi connectivity index (χ0) is 11.7. The lowest BCUT2D eigenvalue weighted by Crippen LogP contribution is -2.03.